The number of aryl methyl sites for hydroxylation is 1. The molecule has 1 aliphatic heterocycles. The standard InChI is InChI=1S/C14H18F3N3O2/c1-4-12(21)19-5-6-22-7-11(19)13-9(2)18-20(10(13)3)8-14(15,16)17/h4,11H,1,5-8H2,2-3H3. The summed E-state index contributed by atoms with van der Waals surface area (Å²) in [5, 5.41) is 3.97. The molecule has 8 heteroatoms. The predicted molar refractivity (Wildman–Crippen MR) is 73.2 cm³/mol. The SMILES string of the molecule is C=CC(=O)N1CCOCC1c1c(C)nn(CC(F)(F)F)c1C. The monoisotopic (exact) mass is 317 g/mol. The second-order valence-electron chi connectivity index (χ2n) is 5.18. The maximum atomic E-state index is 12.6. The largest absolute Gasteiger partial charge is 0.408 e. The molecule has 0 radical (unpaired) electrons. The van der Waals surface area contributed by atoms with Crippen LogP contribution in [0.3, 0.4) is 0 Å². The Morgan fingerprint density at radius 3 is 2.77 bits per heavy atom. The van der Waals surface area contributed by atoms with E-state index in [2.05, 4.69) is 11.7 Å². The van der Waals surface area contributed by atoms with Gasteiger partial charge in [0.15, 0.2) is 0 Å². The molecule has 1 saturated heterocycles. The number of halogens is 3. The smallest absolute Gasteiger partial charge is 0.377 e. The number of carbonyl (C=O) groups excluding carboxylic acids is 1. The normalized spacial score (nSPS) is 19.3. The van der Waals surface area contributed by atoms with Crippen molar-refractivity contribution in [3.63, 3.8) is 0 Å². The average Bonchev–Trinajstić information content (AvgIpc) is 2.70. The van der Waals surface area contributed by atoms with Crippen LogP contribution >= 0.6 is 0 Å². The second-order valence-corrected chi connectivity index (χ2v) is 5.18. The van der Waals surface area contributed by atoms with Crippen LogP contribution in [0, 0.1) is 13.8 Å². The van der Waals surface area contributed by atoms with E-state index in [-0.39, 0.29) is 12.5 Å². The first-order chi connectivity index (χ1) is 10.2. The van der Waals surface area contributed by atoms with Crippen LogP contribution in [-0.4, -0.2) is 46.5 Å². The average molecular weight is 317 g/mol. The minimum Gasteiger partial charge on any atom is -0.377 e. The summed E-state index contributed by atoms with van der Waals surface area (Å²) in [5.41, 5.74) is 1.48. The van der Waals surface area contributed by atoms with E-state index >= 15 is 0 Å². The number of morpholine rings is 1. The van der Waals surface area contributed by atoms with Crippen molar-refractivity contribution in [3.8, 4) is 0 Å². The highest BCUT2D eigenvalue weighted by molar-refractivity contribution is 5.87. The van der Waals surface area contributed by atoms with Gasteiger partial charge in [-0.25, -0.2) is 0 Å². The van der Waals surface area contributed by atoms with Gasteiger partial charge in [-0.2, -0.15) is 18.3 Å². The molecular formula is C14H18F3N3O2. The molecule has 1 aromatic heterocycles. The molecule has 1 aromatic rings. The molecule has 1 aliphatic rings. The van der Waals surface area contributed by atoms with E-state index < -0.39 is 18.8 Å². The minimum atomic E-state index is -4.35. The lowest BCUT2D eigenvalue weighted by Crippen LogP contribution is -2.43. The summed E-state index contributed by atoms with van der Waals surface area (Å²) in [6, 6.07) is -0.443. The fraction of sp³-hybridized carbons (Fsp3) is 0.571. The summed E-state index contributed by atoms with van der Waals surface area (Å²) in [6.45, 7) is 6.53. The molecule has 0 saturated carbocycles. The summed E-state index contributed by atoms with van der Waals surface area (Å²) in [6.07, 6.45) is -3.15. The summed E-state index contributed by atoms with van der Waals surface area (Å²) in [5.74, 6) is -0.268. The quantitative estimate of drug-likeness (QED) is 0.803. The number of rotatable bonds is 3. The maximum absolute atomic E-state index is 12.6. The topological polar surface area (TPSA) is 47.4 Å². The van der Waals surface area contributed by atoms with Gasteiger partial charge in [-0.3, -0.25) is 9.48 Å². The Bertz CT molecular complexity index is 581. The number of alkyl halides is 3. The highest BCUT2D eigenvalue weighted by Crippen LogP contribution is 2.31. The fourth-order valence-electron chi connectivity index (χ4n) is 2.74. The molecule has 1 fully saturated rings. The third kappa shape index (κ3) is 3.32. The summed E-state index contributed by atoms with van der Waals surface area (Å²) >= 11 is 0. The van der Waals surface area contributed by atoms with E-state index in [9.17, 15) is 18.0 Å². The Hall–Kier alpha value is -1.83. The Morgan fingerprint density at radius 2 is 2.18 bits per heavy atom. The zero-order chi connectivity index (χ0) is 16.5. The summed E-state index contributed by atoms with van der Waals surface area (Å²) in [7, 11) is 0. The van der Waals surface area contributed by atoms with Crippen molar-refractivity contribution in [2.45, 2.75) is 32.6 Å². The van der Waals surface area contributed by atoms with Crippen LogP contribution in [-0.2, 0) is 16.1 Å². The molecule has 2 rings (SSSR count). The fourth-order valence-corrected chi connectivity index (χ4v) is 2.74. The van der Waals surface area contributed by atoms with E-state index in [1.165, 1.54) is 6.08 Å². The first-order valence-corrected chi connectivity index (χ1v) is 6.86. The van der Waals surface area contributed by atoms with Gasteiger partial charge in [0, 0.05) is 17.8 Å². The van der Waals surface area contributed by atoms with Crippen molar-refractivity contribution >= 4 is 5.91 Å². The number of ether oxygens (including phenoxy) is 1. The van der Waals surface area contributed by atoms with Gasteiger partial charge >= 0.3 is 6.18 Å². The van der Waals surface area contributed by atoms with Crippen LogP contribution in [0.4, 0.5) is 13.2 Å². The van der Waals surface area contributed by atoms with Gasteiger partial charge in [0.1, 0.15) is 6.54 Å². The van der Waals surface area contributed by atoms with Gasteiger partial charge in [0.25, 0.3) is 0 Å². The van der Waals surface area contributed by atoms with Crippen molar-refractivity contribution in [1.29, 1.82) is 0 Å². The number of aromatic nitrogens is 2. The van der Waals surface area contributed by atoms with Crippen molar-refractivity contribution in [2.24, 2.45) is 0 Å². The van der Waals surface area contributed by atoms with Crippen LogP contribution in [0.2, 0.25) is 0 Å². The molecule has 0 N–H and O–H groups in total. The molecule has 2 heterocycles. The number of hydrogen-bond acceptors (Lipinski definition) is 3. The molecule has 122 valence electrons. The molecule has 5 nitrogen and oxygen atoms in total. The third-order valence-electron chi connectivity index (χ3n) is 3.69. The molecule has 1 unspecified atom stereocenters. The first-order valence-electron chi connectivity index (χ1n) is 6.86. The molecule has 1 atom stereocenters. The number of nitrogens with zero attached hydrogens (tertiary/aromatic N) is 3. The third-order valence-corrected chi connectivity index (χ3v) is 3.69. The Morgan fingerprint density at radius 1 is 1.50 bits per heavy atom. The summed E-state index contributed by atoms with van der Waals surface area (Å²) < 4.78 is 44.1. The number of amides is 1. The van der Waals surface area contributed by atoms with E-state index in [4.69, 9.17) is 4.74 Å². The zero-order valence-corrected chi connectivity index (χ0v) is 12.5. The minimum absolute atomic E-state index is 0.235. The molecule has 0 aliphatic carbocycles. The van der Waals surface area contributed by atoms with Crippen LogP contribution in [0.1, 0.15) is 23.0 Å². The Labute approximate surface area is 126 Å². The van der Waals surface area contributed by atoms with Gasteiger partial charge in [-0.1, -0.05) is 6.58 Å². The number of carbonyl (C=O) groups is 1. The second kappa shape index (κ2) is 6.12. The Kier molecular flexibility index (Phi) is 4.60. The first kappa shape index (κ1) is 16.5. The highest BCUT2D eigenvalue weighted by Gasteiger charge is 2.34. The summed E-state index contributed by atoms with van der Waals surface area (Å²) in [4.78, 5) is 13.5. The zero-order valence-electron chi connectivity index (χ0n) is 12.5. The van der Waals surface area contributed by atoms with Crippen molar-refractivity contribution in [1.82, 2.24) is 14.7 Å². The lowest BCUT2D eigenvalue weighted by Gasteiger charge is -2.35. The lowest BCUT2D eigenvalue weighted by atomic mass is 10.0. The van der Waals surface area contributed by atoms with Gasteiger partial charge in [0.05, 0.1) is 24.9 Å². The van der Waals surface area contributed by atoms with Crippen LogP contribution < -0.4 is 0 Å². The maximum Gasteiger partial charge on any atom is 0.408 e. The van der Waals surface area contributed by atoms with Gasteiger partial charge in [-0.15, -0.1) is 0 Å². The van der Waals surface area contributed by atoms with E-state index in [0.717, 1.165) is 4.68 Å². The van der Waals surface area contributed by atoms with Gasteiger partial charge < -0.3 is 9.64 Å². The van der Waals surface area contributed by atoms with Crippen LogP contribution in [0.25, 0.3) is 0 Å². The highest BCUT2D eigenvalue weighted by atomic mass is 19.4. The molecule has 0 spiro atoms. The molecule has 1 amide bonds. The lowest BCUT2D eigenvalue weighted by molar-refractivity contribution is -0.143. The van der Waals surface area contributed by atoms with Crippen molar-refractivity contribution in [3.05, 3.63) is 29.6 Å². The van der Waals surface area contributed by atoms with Gasteiger partial charge in [-0.05, 0) is 19.9 Å². The number of hydrogen-bond donors (Lipinski definition) is 0. The van der Waals surface area contributed by atoms with E-state index in [0.29, 0.717) is 30.1 Å². The molecule has 0 aromatic carbocycles. The molecule has 0 bridgehead atoms. The van der Waals surface area contributed by atoms with E-state index in [1.807, 2.05) is 0 Å². The van der Waals surface area contributed by atoms with Crippen molar-refractivity contribution < 1.29 is 22.7 Å². The molecule has 22 heavy (non-hydrogen) atoms. The van der Waals surface area contributed by atoms with E-state index in [1.54, 1.807) is 18.7 Å². The van der Waals surface area contributed by atoms with Crippen LogP contribution in [0.5, 0.6) is 0 Å². The van der Waals surface area contributed by atoms with Gasteiger partial charge in [0.2, 0.25) is 5.91 Å². The van der Waals surface area contributed by atoms with Crippen molar-refractivity contribution in [2.75, 3.05) is 19.8 Å². The predicted octanol–water partition coefficient (Wildman–Crippen LogP) is 2.15. The van der Waals surface area contributed by atoms with Crippen LogP contribution in [0.15, 0.2) is 12.7 Å². The Balaban J connectivity index is 2.38. The molecular weight excluding hydrogens is 299 g/mol.